The van der Waals surface area contributed by atoms with E-state index in [4.69, 9.17) is 0 Å². The maximum Gasteiger partial charge on any atom is 0.220 e. The van der Waals surface area contributed by atoms with Crippen LogP contribution in [0.25, 0.3) is 0 Å². The van der Waals surface area contributed by atoms with Gasteiger partial charge in [0.1, 0.15) is 0 Å². The maximum absolute atomic E-state index is 12.5. The SMILES string of the molecule is CCCCCCCCCCCCCCCCCCCCCCCCCCCCCCCCCCCC(=O)NC(CO)C(O)CCCCCCCCCCCCCCCCCCCCCCCCCCCC. The fourth-order valence-electron chi connectivity index (χ4n) is 11.3. The van der Waals surface area contributed by atoms with E-state index in [9.17, 15) is 15.0 Å². The highest BCUT2D eigenvalue weighted by molar-refractivity contribution is 5.76. The molecule has 0 bridgehead atoms. The molecular weight excluding hydrogens is 867 g/mol. The predicted octanol–water partition coefficient (Wildman–Crippen LogP) is 22.7. The molecule has 4 heteroatoms. The van der Waals surface area contributed by atoms with Crippen molar-refractivity contribution in [1.29, 1.82) is 0 Å². The van der Waals surface area contributed by atoms with Gasteiger partial charge < -0.3 is 15.5 Å². The Morgan fingerprint density at radius 2 is 0.451 bits per heavy atom. The van der Waals surface area contributed by atoms with Crippen LogP contribution in [0.4, 0.5) is 0 Å². The summed E-state index contributed by atoms with van der Waals surface area (Å²) in [7, 11) is 0. The van der Waals surface area contributed by atoms with E-state index in [0.717, 1.165) is 25.7 Å². The molecule has 0 aromatic rings. The summed E-state index contributed by atoms with van der Waals surface area (Å²) in [5.74, 6) is -0.0196. The summed E-state index contributed by atoms with van der Waals surface area (Å²) < 4.78 is 0. The Morgan fingerprint density at radius 3 is 0.634 bits per heavy atom. The average Bonchev–Trinajstić information content (AvgIpc) is 3.37. The number of aliphatic hydroxyl groups is 2. The first-order valence-corrected chi connectivity index (χ1v) is 33.7. The predicted molar refractivity (Wildman–Crippen MR) is 318 cm³/mol. The minimum absolute atomic E-state index is 0.0196. The molecule has 0 aliphatic rings. The molecule has 0 aliphatic heterocycles. The Bertz CT molecular complexity index is 956. The zero-order valence-electron chi connectivity index (χ0n) is 49.3. The lowest BCUT2D eigenvalue weighted by atomic mass is 10.0. The molecule has 0 heterocycles. The average molecular weight is 1000 g/mol. The van der Waals surface area contributed by atoms with Crippen LogP contribution in [-0.2, 0) is 4.79 Å². The van der Waals surface area contributed by atoms with Crippen molar-refractivity contribution in [1.82, 2.24) is 5.32 Å². The highest BCUT2D eigenvalue weighted by Gasteiger charge is 2.20. The molecule has 71 heavy (non-hydrogen) atoms. The van der Waals surface area contributed by atoms with Gasteiger partial charge >= 0.3 is 0 Å². The van der Waals surface area contributed by atoms with Gasteiger partial charge in [-0.25, -0.2) is 0 Å². The third-order valence-electron chi connectivity index (χ3n) is 16.4. The lowest BCUT2D eigenvalue weighted by molar-refractivity contribution is -0.123. The van der Waals surface area contributed by atoms with Crippen molar-refractivity contribution in [3.8, 4) is 0 Å². The van der Waals surface area contributed by atoms with Gasteiger partial charge in [0.05, 0.1) is 18.8 Å². The van der Waals surface area contributed by atoms with Crippen LogP contribution >= 0.6 is 0 Å². The third-order valence-corrected chi connectivity index (χ3v) is 16.4. The first-order valence-electron chi connectivity index (χ1n) is 33.7. The van der Waals surface area contributed by atoms with Crippen LogP contribution in [-0.4, -0.2) is 34.9 Å². The molecule has 3 N–H and O–H groups in total. The van der Waals surface area contributed by atoms with Gasteiger partial charge in [0.15, 0.2) is 0 Å². The number of nitrogens with one attached hydrogen (secondary N) is 1. The second-order valence-corrected chi connectivity index (χ2v) is 23.6. The largest absolute Gasteiger partial charge is 0.394 e. The quantitative estimate of drug-likeness (QED) is 0.0532. The molecule has 2 atom stereocenters. The molecule has 0 rings (SSSR count). The monoisotopic (exact) mass is 1000 g/mol. The Balaban J connectivity index is 3.36. The molecule has 2 unspecified atom stereocenters. The van der Waals surface area contributed by atoms with Gasteiger partial charge in [0.2, 0.25) is 5.91 Å². The van der Waals surface area contributed by atoms with E-state index in [1.807, 2.05) is 0 Å². The van der Waals surface area contributed by atoms with Crippen LogP contribution in [0.15, 0.2) is 0 Å². The Kier molecular flexibility index (Phi) is 63.1. The van der Waals surface area contributed by atoms with Gasteiger partial charge in [-0.05, 0) is 12.8 Å². The number of hydrogen-bond acceptors (Lipinski definition) is 3. The van der Waals surface area contributed by atoms with E-state index in [-0.39, 0.29) is 12.5 Å². The molecule has 426 valence electrons. The van der Waals surface area contributed by atoms with Crippen LogP contribution < -0.4 is 5.32 Å². The fourth-order valence-corrected chi connectivity index (χ4v) is 11.3. The number of carbonyl (C=O) groups excluding carboxylic acids is 1. The zero-order chi connectivity index (χ0) is 51.3. The van der Waals surface area contributed by atoms with Gasteiger partial charge in [0, 0.05) is 6.42 Å². The normalized spacial score (nSPS) is 12.6. The smallest absolute Gasteiger partial charge is 0.220 e. The van der Waals surface area contributed by atoms with Gasteiger partial charge in [-0.2, -0.15) is 0 Å². The standard InChI is InChI=1S/C67H135NO3/c1-3-5-7-9-11-13-15-17-19-21-23-25-27-29-31-32-33-34-35-36-37-39-41-43-45-47-49-51-53-55-57-59-61-63-67(71)68-65(64-69)66(70)62-60-58-56-54-52-50-48-46-44-42-40-38-30-28-26-24-22-20-18-16-14-12-10-8-6-4-2/h65-66,69-70H,3-64H2,1-2H3,(H,68,71). The van der Waals surface area contributed by atoms with Crippen LogP contribution in [0.2, 0.25) is 0 Å². The first kappa shape index (κ1) is 70.4. The minimum Gasteiger partial charge on any atom is -0.394 e. The van der Waals surface area contributed by atoms with Crippen molar-refractivity contribution in [2.45, 2.75) is 418 Å². The van der Waals surface area contributed by atoms with Crippen LogP contribution in [0.3, 0.4) is 0 Å². The summed E-state index contributed by atoms with van der Waals surface area (Å²) in [6.45, 7) is 4.42. The summed E-state index contributed by atoms with van der Waals surface area (Å²) in [5.41, 5.74) is 0. The molecule has 0 radical (unpaired) electrons. The number of carbonyl (C=O) groups is 1. The summed E-state index contributed by atoms with van der Waals surface area (Å²) in [6.07, 6.45) is 83.0. The van der Waals surface area contributed by atoms with Crippen LogP contribution in [0.1, 0.15) is 406 Å². The van der Waals surface area contributed by atoms with Crippen LogP contribution in [0, 0.1) is 0 Å². The Morgan fingerprint density at radius 1 is 0.282 bits per heavy atom. The van der Waals surface area contributed by atoms with Crippen molar-refractivity contribution >= 4 is 5.91 Å². The van der Waals surface area contributed by atoms with E-state index in [1.54, 1.807) is 0 Å². The van der Waals surface area contributed by atoms with E-state index in [2.05, 4.69) is 19.2 Å². The molecule has 0 aliphatic carbocycles. The Labute approximate surface area is 448 Å². The molecule has 0 spiro atoms. The first-order chi connectivity index (χ1) is 35.2. The second-order valence-electron chi connectivity index (χ2n) is 23.6. The molecule has 0 saturated heterocycles. The van der Waals surface area contributed by atoms with E-state index in [0.29, 0.717) is 12.8 Å². The van der Waals surface area contributed by atoms with E-state index in [1.165, 1.54) is 353 Å². The summed E-state index contributed by atoms with van der Waals surface area (Å²) >= 11 is 0. The van der Waals surface area contributed by atoms with Crippen molar-refractivity contribution < 1.29 is 15.0 Å². The van der Waals surface area contributed by atoms with Crippen molar-refractivity contribution in [3.05, 3.63) is 0 Å². The number of aliphatic hydroxyl groups excluding tert-OH is 2. The summed E-state index contributed by atoms with van der Waals surface area (Å²) in [5, 5.41) is 23.4. The van der Waals surface area contributed by atoms with Gasteiger partial charge in [-0.15, -0.1) is 0 Å². The summed E-state index contributed by atoms with van der Waals surface area (Å²) in [6, 6.07) is -0.532. The van der Waals surface area contributed by atoms with Crippen molar-refractivity contribution in [3.63, 3.8) is 0 Å². The topological polar surface area (TPSA) is 69.6 Å². The van der Waals surface area contributed by atoms with Gasteiger partial charge in [-0.1, -0.05) is 386 Å². The molecule has 0 aromatic carbocycles. The molecule has 4 nitrogen and oxygen atoms in total. The lowest BCUT2D eigenvalue weighted by Crippen LogP contribution is -2.45. The molecule has 0 fully saturated rings. The number of rotatable bonds is 64. The van der Waals surface area contributed by atoms with Crippen molar-refractivity contribution in [2.75, 3.05) is 6.61 Å². The fraction of sp³-hybridized carbons (Fsp3) is 0.985. The lowest BCUT2D eigenvalue weighted by Gasteiger charge is -2.22. The zero-order valence-corrected chi connectivity index (χ0v) is 49.3. The highest BCUT2D eigenvalue weighted by atomic mass is 16.3. The third kappa shape index (κ3) is 60.1. The highest BCUT2D eigenvalue weighted by Crippen LogP contribution is 2.20. The van der Waals surface area contributed by atoms with E-state index >= 15 is 0 Å². The van der Waals surface area contributed by atoms with Gasteiger partial charge in [0.25, 0.3) is 0 Å². The maximum atomic E-state index is 12.5. The summed E-state index contributed by atoms with van der Waals surface area (Å²) in [4.78, 5) is 12.5. The second kappa shape index (κ2) is 63.7. The van der Waals surface area contributed by atoms with E-state index < -0.39 is 12.1 Å². The number of amides is 1. The number of hydrogen-bond donors (Lipinski definition) is 3. The Hall–Kier alpha value is -0.610. The molecular formula is C67H135NO3. The minimum atomic E-state index is -0.656. The molecule has 1 amide bonds. The van der Waals surface area contributed by atoms with Crippen LogP contribution in [0.5, 0.6) is 0 Å². The molecule has 0 aromatic heterocycles. The number of unbranched alkanes of at least 4 members (excludes halogenated alkanes) is 57. The van der Waals surface area contributed by atoms with Crippen molar-refractivity contribution in [2.24, 2.45) is 0 Å². The molecule has 0 saturated carbocycles. The van der Waals surface area contributed by atoms with Gasteiger partial charge in [-0.3, -0.25) is 4.79 Å².